The van der Waals surface area contributed by atoms with E-state index in [-0.39, 0.29) is 0 Å². The number of rotatable bonds is 5. The lowest BCUT2D eigenvalue weighted by molar-refractivity contribution is 0.0374. The lowest BCUT2D eigenvalue weighted by Gasteiger charge is -2.33. The monoisotopic (exact) mass is 254 g/mol. The Balaban J connectivity index is 1.97. The van der Waals surface area contributed by atoms with E-state index < -0.39 is 0 Å². The standard InChI is InChI=1S/C13H22N2OS/c1-3-10(13-14-8-9-17-13)15-11-6-4-5-7-12(11)16-2/h8-12,15H,3-7H2,1-2H3. The van der Waals surface area contributed by atoms with Gasteiger partial charge in [0.2, 0.25) is 0 Å². The maximum Gasteiger partial charge on any atom is 0.109 e. The zero-order valence-electron chi connectivity index (χ0n) is 10.7. The molecule has 4 heteroatoms. The lowest BCUT2D eigenvalue weighted by Crippen LogP contribution is -2.44. The van der Waals surface area contributed by atoms with Gasteiger partial charge in [-0.25, -0.2) is 4.98 Å². The largest absolute Gasteiger partial charge is 0.380 e. The van der Waals surface area contributed by atoms with Gasteiger partial charge in [0, 0.05) is 24.7 Å². The SMILES string of the molecule is CCC(NC1CCCCC1OC)c1nccs1. The molecule has 1 N–H and O–H groups in total. The topological polar surface area (TPSA) is 34.1 Å². The Bertz CT molecular complexity index is 315. The summed E-state index contributed by atoms with van der Waals surface area (Å²) in [7, 11) is 1.83. The van der Waals surface area contributed by atoms with Crippen LogP contribution in [-0.4, -0.2) is 24.2 Å². The normalized spacial score (nSPS) is 26.9. The number of methoxy groups -OCH3 is 1. The lowest BCUT2D eigenvalue weighted by atomic mass is 9.91. The van der Waals surface area contributed by atoms with Crippen molar-refractivity contribution in [3.05, 3.63) is 16.6 Å². The summed E-state index contributed by atoms with van der Waals surface area (Å²) in [5.74, 6) is 0. The summed E-state index contributed by atoms with van der Waals surface area (Å²) in [4.78, 5) is 4.42. The predicted octanol–water partition coefficient (Wildman–Crippen LogP) is 3.14. The van der Waals surface area contributed by atoms with E-state index in [1.807, 2.05) is 18.7 Å². The van der Waals surface area contributed by atoms with E-state index in [2.05, 4.69) is 17.2 Å². The molecule has 0 saturated heterocycles. The second kappa shape index (κ2) is 6.47. The van der Waals surface area contributed by atoms with Crippen LogP contribution >= 0.6 is 11.3 Å². The maximum absolute atomic E-state index is 5.59. The molecule has 1 aromatic heterocycles. The van der Waals surface area contributed by atoms with Crippen LogP contribution in [0.5, 0.6) is 0 Å². The van der Waals surface area contributed by atoms with Gasteiger partial charge in [0.25, 0.3) is 0 Å². The molecular weight excluding hydrogens is 232 g/mol. The fourth-order valence-corrected chi connectivity index (χ4v) is 3.38. The van der Waals surface area contributed by atoms with Crippen LogP contribution in [0.1, 0.15) is 50.1 Å². The van der Waals surface area contributed by atoms with Crippen molar-refractivity contribution < 1.29 is 4.74 Å². The Labute approximate surface area is 108 Å². The molecule has 2 rings (SSSR count). The van der Waals surface area contributed by atoms with Gasteiger partial charge in [-0.2, -0.15) is 0 Å². The summed E-state index contributed by atoms with van der Waals surface area (Å²) in [6.07, 6.45) is 8.36. The van der Waals surface area contributed by atoms with Crippen LogP contribution in [0.3, 0.4) is 0 Å². The number of ether oxygens (including phenoxy) is 1. The molecule has 3 nitrogen and oxygen atoms in total. The first-order valence-corrected chi connectivity index (χ1v) is 7.41. The van der Waals surface area contributed by atoms with Crippen LogP contribution in [0.25, 0.3) is 0 Å². The summed E-state index contributed by atoms with van der Waals surface area (Å²) in [5.41, 5.74) is 0. The van der Waals surface area contributed by atoms with Gasteiger partial charge in [-0.15, -0.1) is 11.3 Å². The summed E-state index contributed by atoms with van der Waals surface area (Å²) >= 11 is 1.74. The second-order valence-corrected chi connectivity index (χ2v) is 5.59. The van der Waals surface area contributed by atoms with Crippen LogP contribution in [0.15, 0.2) is 11.6 Å². The molecule has 1 aliphatic carbocycles. The molecule has 0 aromatic carbocycles. The quantitative estimate of drug-likeness (QED) is 0.876. The molecule has 0 amide bonds. The van der Waals surface area contributed by atoms with Crippen molar-refractivity contribution in [2.24, 2.45) is 0 Å². The van der Waals surface area contributed by atoms with Crippen LogP contribution in [-0.2, 0) is 4.74 Å². The van der Waals surface area contributed by atoms with E-state index in [1.165, 1.54) is 30.7 Å². The third-order valence-electron chi connectivity index (χ3n) is 3.58. The average molecular weight is 254 g/mol. The van der Waals surface area contributed by atoms with Crippen molar-refractivity contribution in [2.45, 2.75) is 57.2 Å². The Morgan fingerprint density at radius 3 is 3.00 bits per heavy atom. The van der Waals surface area contributed by atoms with Gasteiger partial charge in [-0.05, 0) is 19.3 Å². The number of nitrogens with one attached hydrogen (secondary N) is 1. The van der Waals surface area contributed by atoms with Gasteiger partial charge in [0.1, 0.15) is 5.01 Å². The van der Waals surface area contributed by atoms with E-state index in [1.54, 1.807) is 11.3 Å². The molecule has 1 saturated carbocycles. The van der Waals surface area contributed by atoms with Crippen LogP contribution in [0, 0.1) is 0 Å². The smallest absolute Gasteiger partial charge is 0.109 e. The number of thiazole rings is 1. The first kappa shape index (κ1) is 13.0. The van der Waals surface area contributed by atoms with Gasteiger partial charge in [0.15, 0.2) is 0 Å². The molecule has 17 heavy (non-hydrogen) atoms. The van der Waals surface area contributed by atoms with Gasteiger partial charge in [-0.3, -0.25) is 0 Å². The van der Waals surface area contributed by atoms with E-state index in [4.69, 9.17) is 4.74 Å². The van der Waals surface area contributed by atoms with Gasteiger partial charge in [-0.1, -0.05) is 19.8 Å². The molecular formula is C13H22N2OS. The molecule has 0 spiro atoms. The van der Waals surface area contributed by atoms with E-state index in [9.17, 15) is 0 Å². The molecule has 0 radical (unpaired) electrons. The fraction of sp³-hybridized carbons (Fsp3) is 0.769. The summed E-state index contributed by atoms with van der Waals surface area (Å²) in [6.45, 7) is 2.21. The third-order valence-corrected chi connectivity index (χ3v) is 4.47. The van der Waals surface area contributed by atoms with Crippen molar-refractivity contribution >= 4 is 11.3 Å². The highest BCUT2D eigenvalue weighted by Gasteiger charge is 2.27. The molecule has 3 atom stereocenters. The Morgan fingerprint density at radius 2 is 2.35 bits per heavy atom. The third kappa shape index (κ3) is 3.27. The minimum atomic E-state index is 0.373. The molecule has 0 aliphatic heterocycles. The second-order valence-electron chi connectivity index (χ2n) is 4.66. The minimum Gasteiger partial charge on any atom is -0.380 e. The van der Waals surface area contributed by atoms with Gasteiger partial charge in [0.05, 0.1) is 12.1 Å². The average Bonchev–Trinajstić information content (AvgIpc) is 2.90. The van der Waals surface area contributed by atoms with Crippen molar-refractivity contribution in [1.82, 2.24) is 10.3 Å². The maximum atomic E-state index is 5.59. The highest BCUT2D eigenvalue weighted by Crippen LogP contribution is 2.26. The van der Waals surface area contributed by atoms with Crippen molar-refractivity contribution in [3.8, 4) is 0 Å². The first-order chi connectivity index (χ1) is 8.35. The zero-order valence-corrected chi connectivity index (χ0v) is 11.5. The highest BCUT2D eigenvalue weighted by atomic mass is 32.1. The predicted molar refractivity (Wildman–Crippen MR) is 71.3 cm³/mol. The molecule has 1 fully saturated rings. The number of hydrogen-bond acceptors (Lipinski definition) is 4. The van der Waals surface area contributed by atoms with Crippen molar-refractivity contribution in [1.29, 1.82) is 0 Å². The van der Waals surface area contributed by atoms with Crippen LogP contribution in [0.4, 0.5) is 0 Å². The zero-order chi connectivity index (χ0) is 12.1. The van der Waals surface area contributed by atoms with Crippen molar-refractivity contribution in [3.63, 3.8) is 0 Å². The molecule has 96 valence electrons. The summed E-state index contributed by atoms with van der Waals surface area (Å²) < 4.78 is 5.59. The number of aromatic nitrogens is 1. The van der Waals surface area contributed by atoms with Gasteiger partial charge >= 0.3 is 0 Å². The van der Waals surface area contributed by atoms with E-state index in [0.29, 0.717) is 18.2 Å². The van der Waals surface area contributed by atoms with Gasteiger partial charge < -0.3 is 10.1 Å². The van der Waals surface area contributed by atoms with Crippen LogP contribution < -0.4 is 5.32 Å². The van der Waals surface area contributed by atoms with E-state index in [0.717, 1.165) is 6.42 Å². The summed E-state index contributed by atoms with van der Waals surface area (Å²) in [5, 5.41) is 6.98. The molecule has 1 aliphatic rings. The highest BCUT2D eigenvalue weighted by molar-refractivity contribution is 7.09. The minimum absolute atomic E-state index is 0.373. The Kier molecular flexibility index (Phi) is 4.95. The summed E-state index contributed by atoms with van der Waals surface area (Å²) in [6, 6.07) is 0.873. The first-order valence-electron chi connectivity index (χ1n) is 6.53. The Morgan fingerprint density at radius 1 is 1.53 bits per heavy atom. The van der Waals surface area contributed by atoms with Crippen molar-refractivity contribution in [2.75, 3.05) is 7.11 Å². The number of hydrogen-bond donors (Lipinski definition) is 1. The number of nitrogens with zero attached hydrogens (tertiary/aromatic N) is 1. The fourth-order valence-electron chi connectivity index (χ4n) is 2.60. The molecule has 0 bridgehead atoms. The molecule has 3 unspecified atom stereocenters. The molecule has 1 heterocycles. The Hall–Kier alpha value is -0.450. The van der Waals surface area contributed by atoms with E-state index >= 15 is 0 Å². The molecule has 1 aromatic rings. The van der Waals surface area contributed by atoms with Crippen LogP contribution in [0.2, 0.25) is 0 Å².